The summed E-state index contributed by atoms with van der Waals surface area (Å²) in [6.45, 7) is 4.01. The molecule has 2 aromatic heterocycles. The molecule has 3 rings (SSSR count). The first-order chi connectivity index (χ1) is 12.6. The van der Waals surface area contributed by atoms with Crippen LogP contribution in [0.15, 0.2) is 24.7 Å². The third-order valence-corrected chi connectivity index (χ3v) is 4.43. The normalized spacial score (nSPS) is 17.0. The molecule has 9 heteroatoms. The van der Waals surface area contributed by atoms with Crippen LogP contribution in [0.3, 0.4) is 0 Å². The van der Waals surface area contributed by atoms with Gasteiger partial charge in [0, 0.05) is 45.1 Å². The molecule has 1 aliphatic rings. The molecule has 0 radical (unpaired) electrons. The van der Waals surface area contributed by atoms with Crippen LogP contribution in [0.25, 0.3) is 0 Å². The molecule has 0 unspecified atom stereocenters. The number of aromatic nitrogens is 4. The van der Waals surface area contributed by atoms with Gasteiger partial charge in [0.05, 0.1) is 18.0 Å². The number of anilines is 3. The van der Waals surface area contributed by atoms with Crippen LogP contribution in [0.1, 0.15) is 19.8 Å². The average Bonchev–Trinajstić information content (AvgIpc) is 3.06. The fourth-order valence-corrected chi connectivity index (χ4v) is 3.11. The lowest BCUT2D eigenvalue weighted by Crippen LogP contribution is -2.55. The number of carbonyl (C=O) groups is 1. The van der Waals surface area contributed by atoms with E-state index in [4.69, 9.17) is 5.26 Å². The molecular formula is C17H22N8O. The Kier molecular flexibility index (Phi) is 5.31. The minimum absolute atomic E-state index is 0.0663. The van der Waals surface area contributed by atoms with Gasteiger partial charge in [-0.3, -0.25) is 9.48 Å². The highest BCUT2D eigenvalue weighted by Crippen LogP contribution is 2.21. The molecule has 1 amide bonds. The summed E-state index contributed by atoms with van der Waals surface area (Å²) in [5, 5.41) is 16.0. The first kappa shape index (κ1) is 17.7. The Morgan fingerprint density at radius 2 is 2.31 bits per heavy atom. The molecule has 9 nitrogen and oxygen atoms in total. The van der Waals surface area contributed by atoms with E-state index in [0.717, 1.165) is 17.9 Å². The molecule has 0 spiro atoms. The van der Waals surface area contributed by atoms with Crippen molar-refractivity contribution < 1.29 is 4.79 Å². The molecule has 3 heterocycles. The van der Waals surface area contributed by atoms with E-state index in [-0.39, 0.29) is 18.4 Å². The van der Waals surface area contributed by atoms with Crippen molar-refractivity contribution in [3.05, 3.63) is 24.7 Å². The van der Waals surface area contributed by atoms with Crippen LogP contribution < -0.4 is 10.2 Å². The van der Waals surface area contributed by atoms with Gasteiger partial charge in [-0.1, -0.05) is 6.92 Å². The van der Waals surface area contributed by atoms with E-state index >= 15 is 0 Å². The number of nitriles is 1. The molecular weight excluding hydrogens is 332 g/mol. The van der Waals surface area contributed by atoms with E-state index in [1.165, 1.54) is 0 Å². The van der Waals surface area contributed by atoms with Crippen LogP contribution in [0.2, 0.25) is 0 Å². The zero-order chi connectivity index (χ0) is 18.5. The number of piperazine rings is 1. The monoisotopic (exact) mass is 354 g/mol. The van der Waals surface area contributed by atoms with Crippen molar-refractivity contribution in [1.29, 1.82) is 5.26 Å². The van der Waals surface area contributed by atoms with Gasteiger partial charge in [0.1, 0.15) is 12.2 Å². The fraction of sp³-hybridized carbons (Fsp3) is 0.471. The molecule has 1 saturated heterocycles. The van der Waals surface area contributed by atoms with Crippen LogP contribution in [0.5, 0.6) is 0 Å². The number of rotatable bonds is 5. The standard InChI is InChI=1S/C17H22N8O/c1-3-14-12-24(8-9-25(14)16(26)4-6-18)15-5-7-19-17(22-15)21-13-10-20-23(2)11-13/h5,7,10-11,14H,3-4,8-9,12H2,1-2H3,(H,19,21,22)/t14-/m1/s1. The van der Waals surface area contributed by atoms with E-state index in [2.05, 4.69) is 32.2 Å². The predicted molar refractivity (Wildman–Crippen MR) is 96.8 cm³/mol. The molecule has 26 heavy (non-hydrogen) atoms. The number of hydrogen-bond donors (Lipinski definition) is 1. The van der Waals surface area contributed by atoms with Crippen LogP contribution in [0.4, 0.5) is 17.5 Å². The highest BCUT2D eigenvalue weighted by atomic mass is 16.2. The van der Waals surface area contributed by atoms with Crippen molar-refractivity contribution in [3.63, 3.8) is 0 Å². The second-order valence-corrected chi connectivity index (χ2v) is 6.20. The summed E-state index contributed by atoms with van der Waals surface area (Å²) in [6.07, 6.45) is 6.05. The first-order valence-corrected chi connectivity index (χ1v) is 8.60. The zero-order valence-corrected chi connectivity index (χ0v) is 15.0. The Balaban J connectivity index is 1.70. The molecule has 0 bridgehead atoms. The molecule has 1 aliphatic heterocycles. The van der Waals surface area contributed by atoms with Crippen molar-refractivity contribution in [2.45, 2.75) is 25.8 Å². The first-order valence-electron chi connectivity index (χ1n) is 8.60. The van der Waals surface area contributed by atoms with E-state index in [9.17, 15) is 4.79 Å². The van der Waals surface area contributed by atoms with Gasteiger partial charge < -0.3 is 15.1 Å². The molecule has 1 N–H and O–H groups in total. The fourth-order valence-electron chi connectivity index (χ4n) is 3.11. The molecule has 2 aromatic rings. The Bertz CT molecular complexity index is 811. The third-order valence-electron chi connectivity index (χ3n) is 4.43. The van der Waals surface area contributed by atoms with Crippen molar-refractivity contribution >= 4 is 23.4 Å². The predicted octanol–water partition coefficient (Wildman–Crippen LogP) is 1.29. The SMILES string of the molecule is CC[C@@H]1CN(c2ccnc(Nc3cnn(C)c3)n2)CCN1C(=O)CC#N. The molecule has 136 valence electrons. The van der Waals surface area contributed by atoms with Gasteiger partial charge in [-0.15, -0.1) is 0 Å². The number of nitrogens with one attached hydrogen (secondary N) is 1. The highest BCUT2D eigenvalue weighted by Gasteiger charge is 2.29. The number of hydrogen-bond acceptors (Lipinski definition) is 7. The minimum Gasteiger partial charge on any atom is -0.353 e. The average molecular weight is 354 g/mol. The smallest absolute Gasteiger partial charge is 0.237 e. The number of amides is 1. The van der Waals surface area contributed by atoms with Gasteiger partial charge in [0.2, 0.25) is 11.9 Å². The molecule has 0 saturated carbocycles. The van der Waals surface area contributed by atoms with Gasteiger partial charge in [0.25, 0.3) is 0 Å². The number of nitrogens with zero attached hydrogens (tertiary/aromatic N) is 7. The summed E-state index contributed by atoms with van der Waals surface area (Å²) >= 11 is 0. The molecule has 1 atom stereocenters. The second-order valence-electron chi connectivity index (χ2n) is 6.20. The lowest BCUT2D eigenvalue weighted by Gasteiger charge is -2.41. The number of aryl methyl sites for hydroxylation is 1. The van der Waals surface area contributed by atoms with Crippen LogP contribution in [-0.4, -0.2) is 56.2 Å². The zero-order valence-electron chi connectivity index (χ0n) is 15.0. The Morgan fingerprint density at radius 3 is 3.00 bits per heavy atom. The van der Waals surface area contributed by atoms with Crippen molar-refractivity contribution in [1.82, 2.24) is 24.6 Å². The lowest BCUT2D eigenvalue weighted by atomic mass is 10.1. The summed E-state index contributed by atoms with van der Waals surface area (Å²) < 4.78 is 1.70. The van der Waals surface area contributed by atoms with Gasteiger partial charge in [-0.2, -0.15) is 15.3 Å². The van der Waals surface area contributed by atoms with Crippen molar-refractivity contribution in [2.24, 2.45) is 7.05 Å². The second kappa shape index (κ2) is 7.82. The highest BCUT2D eigenvalue weighted by molar-refractivity contribution is 5.79. The maximum Gasteiger partial charge on any atom is 0.237 e. The van der Waals surface area contributed by atoms with Gasteiger partial charge in [-0.25, -0.2) is 4.98 Å². The van der Waals surface area contributed by atoms with Crippen LogP contribution >= 0.6 is 0 Å². The maximum absolute atomic E-state index is 12.1. The van der Waals surface area contributed by atoms with Crippen LogP contribution in [-0.2, 0) is 11.8 Å². The minimum atomic E-state index is -0.0966. The van der Waals surface area contributed by atoms with Crippen molar-refractivity contribution in [2.75, 3.05) is 29.9 Å². The van der Waals surface area contributed by atoms with E-state index in [1.807, 2.05) is 30.3 Å². The van der Waals surface area contributed by atoms with E-state index in [1.54, 1.807) is 17.1 Å². The Morgan fingerprint density at radius 1 is 1.46 bits per heavy atom. The summed E-state index contributed by atoms with van der Waals surface area (Å²) in [4.78, 5) is 24.9. The van der Waals surface area contributed by atoms with Crippen molar-refractivity contribution in [3.8, 4) is 6.07 Å². The molecule has 0 aliphatic carbocycles. The molecule has 1 fully saturated rings. The van der Waals surface area contributed by atoms with E-state index < -0.39 is 0 Å². The summed E-state index contributed by atoms with van der Waals surface area (Å²) in [5.74, 6) is 1.23. The lowest BCUT2D eigenvalue weighted by molar-refractivity contribution is -0.132. The quantitative estimate of drug-likeness (QED) is 0.863. The topological polar surface area (TPSA) is 103 Å². The Labute approximate surface area is 152 Å². The largest absolute Gasteiger partial charge is 0.353 e. The maximum atomic E-state index is 12.1. The van der Waals surface area contributed by atoms with Crippen LogP contribution in [0, 0.1) is 11.3 Å². The number of carbonyl (C=O) groups excluding carboxylic acids is 1. The van der Waals surface area contributed by atoms with Gasteiger partial charge >= 0.3 is 0 Å². The summed E-state index contributed by atoms with van der Waals surface area (Å²) in [6, 6.07) is 3.89. The third kappa shape index (κ3) is 3.91. The summed E-state index contributed by atoms with van der Waals surface area (Å²) in [5.41, 5.74) is 0.822. The molecule has 0 aromatic carbocycles. The van der Waals surface area contributed by atoms with Gasteiger partial charge in [-0.05, 0) is 12.5 Å². The van der Waals surface area contributed by atoms with Gasteiger partial charge in [0.15, 0.2) is 0 Å². The summed E-state index contributed by atoms with van der Waals surface area (Å²) in [7, 11) is 1.85. The Hall–Kier alpha value is -3.15. The van der Waals surface area contributed by atoms with E-state index in [0.29, 0.717) is 25.6 Å².